The van der Waals surface area contributed by atoms with E-state index in [2.05, 4.69) is 0 Å². The Kier molecular flexibility index (Phi) is 4.72. The SMILES string of the molecule is O=[N+]([O-])/C1=C/CCC(O)CSC1c1cc(F)ccc1F. The molecule has 0 spiro atoms. The predicted molar refractivity (Wildman–Crippen MR) is 71.9 cm³/mol. The predicted octanol–water partition coefficient (Wildman–Crippen LogP) is 3.05. The number of aliphatic hydroxyl groups excluding tert-OH is 1. The second kappa shape index (κ2) is 6.32. The van der Waals surface area contributed by atoms with Crippen LogP contribution in [0.4, 0.5) is 8.78 Å². The molecule has 2 atom stereocenters. The van der Waals surface area contributed by atoms with Gasteiger partial charge < -0.3 is 5.11 Å². The topological polar surface area (TPSA) is 63.4 Å². The number of thioether (sulfide) groups is 1. The summed E-state index contributed by atoms with van der Waals surface area (Å²) in [5.41, 5.74) is -0.224. The number of hydrogen-bond donors (Lipinski definition) is 1. The van der Waals surface area contributed by atoms with E-state index in [-0.39, 0.29) is 17.0 Å². The van der Waals surface area contributed by atoms with E-state index in [0.29, 0.717) is 12.8 Å². The molecule has 2 rings (SSSR count). The molecule has 0 bridgehead atoms. The van der Waals surface area contributed by atoms with Crippen molar-refractivity contribution >= 4 is 11.8 Å². The fourth-order valence-electron chi connectivity index (χ4n) is 2.04. The average molecular weight is 301 g/mol. The quantitative estimate of drug-likeness (QED) is 0.673. The number of allylic oxidation sites excluding steroid dienone is 1. The lowest BCUT2D eigenvalue weighted by atomic mass is 10.1. The summed E-state index contributed by atoms with van der Waals surface area (Å²) in [5, 5.41) is 19.8. The second-order valence-corrected chi connectivity index (χ2v) is 5.63. The van der Waals surface area contributed by atoms with Crippen LogP contribution in [0.3, 0.4) is 0 Å². The zero-order valence-electron chi connectivity index (χ0n) is 10.5. The molecular weight excluding hydrogens is 288 g/mol. The lowest BCUT2D eigenvalue weighted by Crippen LogP contribution is -2.17. The van der Waals surface area contributed by atoms with Crippen LogP contribution < -0.4 is 0 Å². The summed E-state index contributed by atoms with van der Waals surface area (Å²) in [6.07, 6.45) is 1.53. The van der Waals surface area contributed by atoms with Crippen molar-refractivity contribution in [1.82, 2.24) is 0 Å². The molecule has 0 amide bonds. The summed E-state index contributed by atoms with van der Waals surface area (Å²) in [6.45, 7) is 0. The van der Waals surface area contributed by atoms with Gasteiger partial charge in [0, 0.05) is 11.3 Å². The van der Waals surface area contributed by atoms with Crippen molar-refractivity contribution < 1.29 is 18.8 Å². The highest BCUT2D eigenvalue weighted by Crippen LogP contribution is 2.39. The molecule has 2 unspecified atom stereocenters. The van der Waals surface area contributed by atoms with Gasteiger partial charge in [0.1, 0.15) is 16.9 Å². The largest absolute Gasteiger partial charge is 0.392 e. The normalized spacial score (nSPS) is 26.2. The Hall–Kier alpha value is -1.47. The molecule has 1 N–H and O–H groups in total. The summed E-state index contributed by atoms with van der Waals surface area (Å²) in [6, 6.07) is 2.90. The Morgan fingerprint density at radius 1 is 1.40 bits per heavy atom. The molecule has 108 valence electrons. The van der Waals surface area contributed by atoms with Crippen LogP contribution in [-0.2, 0) is 0 Å². The summed E-state index contributed by atoms with van der Waals surface area (Å²) in [5.74, 6) is -1.09. The van der Waals surface area contributed by atoms with Gasteiger partial charge in [0.25, 0.3) is 5.70 Å². The fraction of sp³-hybridized carbons (Fsp3) is 0.385. The zero-order chi connectivity index (χ0) is 14.7. The Labute approximate surface area is 118 Å². The summed E-state index contributed by atoms with van der Waals surface area (Å²) >= 11 is 1.05. The second-order valence-electron chi connectivity index (χ2n) is 4.50. The smallest absolute Gasteiger partial charge is 0.259 e. The minimum atomic E-state index is -0.921. The van der Waals surface area contributed by atoms with E-state index < -0.39 is 27.9 Å². The average Bonchev–Trinajstić information content (AvgIpc) is 2.37. The van der Waals surface area contributed by atoms with Crippen LogP contribution in [0.15, 0.2) is 30.0 Å². The van der Waals surface area contributed by atoms with E-state index >= 15 is 0 Å². The molecule has 4 nitrogen and oxygen atoms in total. The molecular formula is C13H13F2NO3S. The van der Waals surface area contributed by atoms with Gasteiger partial charge in [0.15, 0.2) is 0 Å². The van der Waals surface area contributed by atoms with Gasteiger partial charge in [0.2, 0.25) is 0 Å². The molecule has 1 aliphatic heterocycles. The van der Waals surface area contributed by atoms with Crippen molar-refractivity contribution in [2.75, 3.05) is 5.75 Å². The fourth-order valence-corrected chi connectivity index (χ4v) is 3.34. The van der Waals surface area contributed by atoms with Gasteiger partial charge in [-0.3, -0.25) is 10.1 Å². The maximum atomic E-state index is 13.8. The zero-order valence-corrected chi connectivity index (χ0v) is 11.3. The lowest BCUT2D eigenvalue weighted by molar-refractivity contribution is -0.427. The van der Waals surface area contributed by atoms with Gasteiger partial charge in [0.05, 0.1) is 11.0 Å². The van der Waals surface area contributed by atoms with Crippen molar-refractivity contribution in [1.29, 1.82) is 0 Å². The van der Waals surface area contributed by atoms with Gasteiger partial charge in [-0.05, 0) is 37.1 Å². The summed E-state index contributed by atoms with van der Waals surface area (Å²) in [7, 11) is 0. The Balaban J connectivity index is 2.44. The minimum absolute atomic E-state index is 0.0629. The number of nitro groups is 1. The monoisotopic (exact) mass is 301 g/mol. The number of rotatable bonds is 2. The van der Waals surface area contributed by atoms with Crippen LogP contribution >= 0.6 is 11.8 Å². The molecule has 0 radical (unpaired) electrons. The van der Waals surface area contributed by atoms with Crippen LogP contribution in [0.2, 0.25) is 0 Å². The van der Waals surface area contributed by atoms with E-state index in [0.717, 1.165) is 30.0 Å². The first-order valence-electron chi connectivity index (χ1n) is 6.08. The van der Waals surface area contributed by atoms with E-state index in [1.807, 2.05) is 0 Å². The maximum absolute atomic E-state index is 13.8. The molecule has 0 aliphatic carbocycles. The molecule has 7 heteroatoms. The van der Waals surface area contributed by atoms with Crippen LogP contribution in [0.5, 0.6) is 0 Å². The number of aliphatic hydroxyl groups is 1. The number of halogens is 2. The lowest BCUT2D eigenvalue weighted by Gasteiger charge is -2.20. The van der Waals surface area contributed by atoms with Gasteiger partial charge in [-0.25, -0.2) is 8.78 Å². The minimum Gasteiger partial charge on any atom is -0.392 e. The van der Waals surface area contributed by atoms with Gasteiger partial charge in [-0.15, -0.1) is 11.8 Å². The molecule has 0 fully saturated rings. The maximum Gasteiger partial charge on any atom is 0.259 e. The van der Waals surface area contributed by atoms with Gasteiger partial charge in [-0.2, -0.15) is 0 Å². The molecule has 0 saturated heterocycles. The third-order valence-corrected chi connectivity index (χ3v) is 4.43. The number of nitrogens with zero attached hydrogens (tertiary/aromatic N) is 1. The Morgan fingerprint density at radius 3 is 2.85 bits per heavy atom. The molecule has 1 heterocycles. The third kappa shape index (κ3) is 3.34. The van der Waals surface area contributed by atoms with Crippen LogP contribution in [0.25, 0.3) is 0 Å². The Morgan fingerprint density at radius 2 is 2.15 bits per heavy atom. The first kappa shape index (κ1) is 14.9. The van der Waals surface area contributed by atoms with Crippen molar-refractivity contribution in [2.45, 2.75) is 24.2 Å². The van der Waals surface area contributed by atoms with E-state index in [1.54, 1.807) is 0 Å². The highest BCUT2D eigenvalue weighted by molar-refractivity contribution is 7.99. The van der Waals surface area contributed by atoms with Crippen molar-refractivity contribution in [3.63, 3.8) is 0 Å². The highest BCUT2D eigenvalue weighted by Gasteiger charge is 2.31. The summed E-state index contributed by atoms with van der Waals surface area (Å²) < 4.78 is 27.1. The molecule has 1 aromatic carbocycles. The van der Waals surface area contributed by atoms with Crippen LogP contribution in [0.1, 0.15) is 23.7 Å². The van der Waals surface area contributed by atoms with Gasteiger partial charge in [-0.1, -0.05) is 0 Å². The van der Waals surface area contributed by atoms with E-state index in [9.17, 15) is 24.0 Å². The van der Waals surface area contributed by atoms with Crippen LogP contribution in [-0.4, -0.2) is 21.9 Å². The molecule has 1 aromatic rings. The standard InChI is InChI=1S/C13H13F2NO3S/c14-8-4-5-11(15)10(6-8)13-12(16(18)19)3-1-2-9(17)7-20-13/h3-6,9,13,17H,1-2,7H2/b12-3+. The van der Waals surface area contributed by atoms with Crippen molar-refractivity contribution in [3.8, 4) is 0 Å². The van der Waals surface area contributed by atoms with E-state index in [1.165, 1.54) is 6.08 Å². The van der Waals surface area contributed by atoms with Crippen LogP contribution in [0, 0.1) is 21.7 Å². The molecule has 20 heavy (non-hydrogen) atoms. The molecule has 1 aliphatic rings. The number of benzene rings is 1. The van der Waals surface area contributed by atoms with Crippen molar-refractivity contribution in [2.24, 2.45) is 0 Å². The van der Waals surface area contributed by atoms with Gasteiger partial charge >= 0.3 is 0 Å². The summed E-state index contributed by atoms with van der Waals surface area (Å²) in [4.78, 5) is 10.6. The number of hydrogen-bond acceptors (Lipinski definition) is 4. The first-order valence-corrected chi connectivity index (χ1v) is 7.13. The Bertz CT molecular complexity index is 550. The molecule has 0 saturated carbocycles. The highest BCUT2D eigenvalue weighted by atomic mass is 32.2. The molecule has 0 aromatic heterocycles. The third-order valence-electron chi connectivity index (χ3n) is 3.03. The van der Waals surface area contributed by atoms with Crippen molar-refractivity contribution in [3.05, 3.63) is 57.3 Å². The first-order chi connectivity index (χ1) is 9.49. The van der Waals surface area contributed by atoms with E-state index in [4.69, 9.17) is 0 Å².